The Morgan fingerprint density at radius 2 is 1.83 bits per heavy atom. The second-order valence-electron chi connectivity index (χ2n) is 4.88. The van der Waals surface area contributed by atoms with E-state index in [2.05, 4.69) is 15.3 Å². The van der Waals surface area contributed by atoms with E-state index < -0.39 is 5.97 Å². The van der Waals surface area contributed by atoms with Crippen molar-refractivity contribution in [2.45, 2.75) is 6.92 Å². The van der Waals surface area contributed by atoms with Gasteiger partial charge in [0.2, 0.25) is 11.8 Å². The number of ether oxygens (including phenoxy) is 1. The van der Waals surface area contributed by atoms with E-state index in [4.69, 9.17) is 4.74 Å². The van der Waals surface area contributed by atoms with Gasteiger partial charge in [-0.05, 0) is 48.0 Å². The summed E-state index contributed by atoms with van der Waals surface area (Å²) in [5.41, 5.74) is 2.37. The number of hydrogen-bond donors (Lipinski definition) is 1. The van der Waals surface area contributed by atoms with Crippen LogP contribution in [0, 0.1) is 0 Å². The first-order valence-electron chi connectivity index (χ1n) is 6.92. The quantitative estimate of drug-likeness (QED) is 0.697. The fourth-order valence-electron chi connectivity index (χ4n) is 2.05. The van der Waals surface area contributed by atoms with Gasteiger partial charge in [-0.3, -0.25) is 9.78 Å². The molecular weight excluding hydrogens is 294 g/mol. The molecule has 0 bridgehead atoms. The van der Waals surface area contributed by atoms with Crippen LogP contribution in [0.3, 0.4) is 0 Å². The van der Waals surface area contributed by atoms with Crippen LogP contribution in [0.25, 0.3) is 6.08 Å². The lowest BCUT2D eigenvalue weighted by Gasteiger charge is -2.03. The van der Waals surface area contributed by atoms with Crippen molar-refractivity contribution in [3.05, 3.63) is 65.6 Å². The summed E-state index contributed by atoms with van der Waals surface area (Å²) in [5, 5.41) is 2.67. The normalized spacial score (nSPS) is 15.3. The predicted octanol–water partition coefficient (Wildman–Crippen LogP) is 2.38. The van der Waals surface area contributed by atoms with Crippen molar-refractivity contribution in [2.24, 2.45) is 4.99 Å². The van der Waals surface area contributed by atoms with E-state index in [0.29, 0.717) is 11.3 Å². The summed E-state index contributed by atoms with van der Waals surface area (Å²) in [4.78, 5) is 31.0. The number of aromatic nitrogens is 1. The molecule has 0 atom stereocenters. The first-order chi connectivity index (χ1) is 11.1. The number of aliphatic imine (C=N–C) groups is 1. The number of hydrogen-bond acceptors (Lipinski definition) is 5. The number of amides is 1. The Morgan fingerprint density at radius 3 is 2.48 bits per heavy atom. The average Bonchev–Trinajstić information content (AvgIpc) is 2.89. The minimum absolute atomic E-state index is 0.148. The molecule has 0 spiro atoms. The summed E-state index contributed by atoms with van der Waals surface area (Å²) in [6.45, 7) is 1.44. The van der Waals surface area contributed by atoms with Gasteiger partial charge in [-0.1, -0.05) is 0 Å². The Balaban J connectivity index is 1.84. The molecule has 0 radical (unpaired) electrons. The molecule has 1 aliphatic heterocycles. The Bertz CT molecular complexity index is 809. The largest absolute Gasteiger partial charge is 0.402 e. The number of carbonyl (C=O) groups is 2. The van der Waals surface area contributed by atoms with Crippen molar-refractivity contribution >= 4 is 29.5 Å². The minimum atomic E-state index is -0.497. The Kier molecular flexibility index (Phi) is 3.97. The highest BCUT2D eigenvalue weighted by Gasteiger charge is 2.24. The van der Waals surface area contributed by atoms with Gasteiger partial charge in [0.25, 0.3) is 0 Å². The maximum absolute atomic E-state index is 11.9. The Labute approximate surface area is 132 Å². The van der Waals surface area contributed by atoms with Crippen molar-refractivity contribution in [3.63, 3.8) is 0 Å². The summed E-state index contributed by atoms with van der Waals surface area (Å²) in [6, 6.07) is 10.4. The maximum Gasteiger partial charge on any atom is 0.363 e. The fourth-order valence-corrected chi connectivity index (χ4v) is 2.05. The lowest BCUT2D eigenvalue weighted by atomic mass is 10.2. The first kappa shape index (κ1) is 14.6. The van der Waals surface area contributed by atoms with Crippen LogP contribution in [-0.4, -0.2) is 22.8 Å². The first-order valence-corrected chi connectivity index (χ1v) is 6.92. The highest BCUT2D eigenvalue weighted by Crippen LogP contribution is 2.20. The third-order valence-corrected chi connectivity index (χ3v) is 3.08. The number of anilines is 1. The van der Waals surface area contributed by atoms with E-state index in [-0.39, 0.29) is 17.5 Å². The smallest absolute Gasteiger partial charge is 0.363 e. The molecule has 1 aromatic heterocycles. The van der Waals surface area contributed by atoms with Crippen LogP contribution < -0.4 is 5.32 Å². The van der Waals surface area contributed by atoms with Gasteiger partial charge in [-0.25, -0.2) is 9.79 Å². The highest BCUT2D eigenvalue weighted by molar-refractivity contribution is 6.13. The average molecular weight is 307 g/mol. The van der Waals surface area contributed by atoms with Crippen molar-refractivity contribution < 1.29 is 14.3 Å². The molecule has 1 aromatic carbocycles. The van der Waals surface area contributed by atoms with Crippen LogP contribution >= 0.6 is 0 Å². The molecule has 114 valence electrons. The zero-order valence-electron chi connectivity index (χ0n) is 12.3. The van der Waals surface area contributed by atoms with Crippen LogP contribution in [0.15, 0.2) is 59.5 Å². The number of nitrogens with one attached hydrogen (secondary N) is 1. The third-order valence-electron chi connectivity index (χ3n) is 3.08. The van der Waals surface area contributed by atoms with Crippen molar-refractivity contribution in [2.75, 3.05) is 5.32 Å². The number of benzene rings is 1. The van der Waals surface area contributed by atoms with Crippen LogP contribution in [-0.2, 0) is 14.3 Å². The predicted molar refractivity (Wildman–Crippen MR) is 85.6 cm³/mol. The van der Waals surface area contributed by atoms with E-state index in [9.17, 15) is 9.59 Å². The summed E-state index contributed by atoms with van der Waals surface area (Å²) >= 11 is 0. The SMILES string of the molecule is CC(=O)Nc1ccc(C2=N/C(=C\c3ccncc3)C(=O)O2)cc1. The zero-order valence-corrected chi connectivity index (χ0v) is 12.3. The molecule has 2 heterocycles. The summed E-state index contributed by atoms with van der Waals surface area (Å²) < 4.78 is 5.19. The topological polar surface area (TPSA) is 80.7 Å². The van der Waals surface area contributed by atoms with Gasteiger partial charge in [0.15, 0.2) is 5.70 Å². The molecule has 6 heteroatoms. The van der Waals surface area contributed by atoms with Gasteiger partial charge in [0, 0.05) is 30.6 Å². The lowest BCUT2D eigenvalue weighted by molar-refractivity contribution is -0.129. The molecule has 23 heavy (non-hydrogen) atoms. The molecule has 1 amide bonds. The monoisotopic (exact) mass is 307 g/mol. The molecule has 6 nitrogen and oxygen atoms in total. The van der Waals surface area contributed by atoms with Gasteiger partial charge in [0.05, 0.1) is 0 Å². The molecule has 0 saturated heterocycles. The van der Waals surface area contributed by atoms with Gasteiger partial charge in [-0.2, -0.15) is 0 Å². The van der Waals surface area contributed by atoms with Crippen LogP contribution in [0.5, 0.6) is 0 Å². The lowest BCUT2D eigenvalue weighted by Crippen LogP contribution is -2.07. The number of rotatable bonds is 3. The van der Waals surface area contributed by atoms with Crippen molar-refractivity contribution in [1.82, 2.24) is 4.98 Å². The van der Waals surface area contributed by atoms with Crippen LogP contribution in [0.2, 0.25) is 0 Å². The van der Waals surface area contributed by atoms with Crippen molar-refractivity contribution in [1.29, 1.82) is 0 Å². The van der Waals surface area contributed by atoms with Gasteiger partial charge >= 0.3 is 5.97 Å². The Morgan fingerprint density at radius 1 is 1.13 bits per heavy atom. The molecule has 1 N–H and O–H groups in total. The molecule has 0 aliphatic carbocycles. The molecule has 0 fully saturated rings. The number of esters is 1. The van der Waals surface area contributed by atoms with Gasteiger partial charge in [0.1, 0.15) is 0 Å². The van der Waals surface area contributed by atoms with E-state index in [1.807, 2.05) is 0 Å². The number of carbonyl (C=O) groups excluding carboxylic acids is 2. The summed E-state index contributed by atoms with van der Waals surface area (Å²) in [5.74, 6) is -0.405. The number of cyclic esters (lactones) is 1. The maximum atomic E-state index is 11.9. The molecule has 1 aliphatic rings. The minimum Gasteiger partial charge on any atom is -0.402 e. The fraction of sp³-hybridized carbons (Fsp3) is 0.0588. The van der Waals surface area contributed by atoms with Gasteiger partial charge in [-0.15, -0.1) is 0 Å². The molecule has 2 aromatic rings. The van der Waals surface area contributed by atoms with E-state index in [0.717, 1.165) is 5.56 Å². The molecular formula is C17H13N3O3. The molecule has 0 saturated carbocycles. The number of pyridine rings is 1. The standard InChI is InChI=1S/C17H13N3O3/c1-11(21)19-14-4-2-13(3-5-14)16-20-15(17(22)23-16)10-12-6-8-18-9-7-12/h2-10H,1H3,(H,19,21)/b15-10-. The van der Waals surface area contributed by atoms with Crippen LogP contribution in [0.4, 0.5) is 5.69 Å². The van der Waals surface area contributed by atoms with Crippen molar-refractivity contribution in [3.8, 4) is 0 Å². The highest BCUT2D eigenvalue weighted by atomic mass is 16.6. The molecule has 0 unspecified atom stereocenters. The summed E-state index contributed by atoms with van der Waals surface area (Å²) in [6.07, 6.45) is 4.92. The van der Waals surface area contributed by atoms with E-state index in [1.54, 1.807) is 54.9 Å². The zero-order chi connectivity index (χ0) is 16.2. The summed E-state index contributed by atoms with van der Waals surface area (Å²) in [7, 11) is 0. The second-order valence-corrected chi connectivity index (χ2v) is 4.88. The Hall–Kier alpha value is -3.28. The van der Waals surface area contributed by atoms with Gasteiger partial charge < -0.3 is 10.1 Å². The van der Waals surface area contributed by atoms with E-state index >= 15 is 0 Å². The van der Waals surface area contributed by atoms with Crippen LogP contribution in [0.1, 0.15) is 18.1 Å². The molecule has 3 rings (SSSR count). The third kappa shape index (κ3) is 3.49. The van der Waals surface area contributed by atoms with E-state index in [1.165, 1.54) is 6.92 Å². The second kappa shape index (κ2) is 6.23. The number of nitrogens with zero attached hydrogens (tertiary/aromatic N) is 2.